The molecule has 0 amide bonds. The molecule has 1 fully saturated rings. The van der Waals surface area contributed by atoms with Gasteiger partial charge in [-0.05, 0) is 31.7 Å². The molecule has 10 heteroatoms. The van der Waals surface area contributed by atoms with Crippen LogP contribution in [0.25, 0.3) is 0 Å². The van der Waals surface area contributed by atoms with Crippen molar-refractivity contribution in [2.75, 3.05) is 4.90 Å². The molecule has 0 unspecified atom stereocenters. The normalized spacial score (nSPS) is 19.8. The van der Waals surface area contributed by atoms with Crippen LogP contribution < -0.4 is 16.4 Å². The predicted molar refractivity (Wildman–Crippen MR) is 91.3 cm³/mol. The predicted octanol–water partition coefficient (Wildman–Crippen LogP) is 2.06. The zero-order valence-electron chi connectivity index (χ0n) is 12.8. The molecule has 0 bridgehead atoms. The third-order valence-corrected chi connectivity index (χ3v) is 4.54. The van der Waals surface area contributed by atoms with E-state index in [-0.39, 0.29) is 22.6 Å². The molecule has 3 rings (SSSR count). The second-order valence-corrected chi connectivity index (χ2v) is 6.30. The molecule has 1 aromatic rings. The summed E-state index contributed by atoms with van der Waals surface area (Å²) in [6, 6.07) is 2.50. The Kier molecular flexibility index (Phi) is 3.96. The quantitative estimate of drug-likeness (QED) is 0.549. The molecule has 1 heterocycles. The van der Waals surface area contributed by atoms with Gasteiger partial charge in [0.25, 0.3) is 0 Å². The summed E-state index contributed by atoms with van der Waals surface area (Å²) in [6.07, 6.45) is 4.12. The highest BCUT2D eigenvalue weighted by Gasteiger charge is 2.44. The molecule has 1 spiro atoms. The minimum atomic E-state index is -0.815. The first-order chi connectivity index (χ1) is 11.3. The summed E-state index contributed by atoms with van der Waals surface area (Å²) in [5, 5.41) is 21.7. The molecule has 0 atom stereocenters. The molecule has 0 aromatic heterocycles. The number of phenolic OH excluding ortho intramolecular Hbond substituents is 1. The van der Waals surface area contributed by atoms with Gasteiger partial charge in [-0.15, -0.1) is 0 Å². The second kappa shape index (κ2) is 5.82. The number of nitrogens with zero attached hydrogens (tertiary/aromatic N) is 4. The lowest BCUT2D eigenvalue weighted by molar-refractivity contribution is -0.385. The van der Waals surface area contributed by atoms with Crippen LogP contribution in [-0.4, -0.2) is 27.6 Å². The minimum Gasteiger partial charge on any atom is -0.501 e. The van der Waals surface area contributed by atoms with Crippen LogP contribution >= 0.6 is 11.6 Å². The lowest BCUT2D eigenvalue weighted by atomic mass is 9.87. The van der Waals surface area contributed by atoms with Crippen molar-refractivity contribution in [2.24, 2.45) is 21.5 Å². The Hall–Kier alpha value is -2.55. The molecular formula is C14H17ClN6O3. The van der Waals surface area contributed by atoms with Crippen molar-refractivity contribution < 1.29 is 10.0 Å². The number of nitrogens with two attached hydrogens (primary N) is 2. The first kappa shape index (κ1) is 16.3. The van der Waals surface area contributed by atoms with Crippen molar-refractivity contribution in [2.45, 2.75) is 37.8 Å². The number of benzene rings is 1. The van der Waals surface area contributed by atoms with E-state index in [9.17, 15) is 15.2 Å². The fourth-order valence-corrected chi connectivity index (χ4v) is 3.56. The van der Waals surface area contributed by atoms with E-state index >= 15 is 0 Å². The fraction of sp³-hybridized carbons (Fsp3) is 0.429. The molecule has 0 radical (unpaired) electrons. The smallest absolute Gasteiger partial charge is 0.314 e. The molecule has 1 aliphatic heterocycles. The van der Waals surface area contributed by atoms with Crippen LogP contribution in [-0.2, 0) is 0 Å². The highest BCUT2D eigenvalue weighted by Crippen LogP contribution is 2.46. The largest absolute Gasteiger partial charge is 0.501 e. The van der Waals surface area contributed by atoms with Gasteiger partial charge in [0.2, 0.25) is 17.7 Å². The Balaban J connectivity index is 2.19. The highest BCUT2D eigenvalue weighted by molar-refractivity contribution is 6.31. The molecule has 1 aromatic carbocycles. The van der Waals surface area contributed by atoms with E-state index in [0.29, 0.717) is 12.8 Å². The number of rotatable bonds is 2. The Bertz CT molecular complexity index is 757. The van der Waals surface area contributed by atoms with Gasteiger partial charge in [-0.1, -0.05) is 18.0 Å². The Morgan fingerprint density at radius 2 is 1.96 bits per heavy atom. The molecule has 24 heavy (non-hydrogen) atoms. The first-order valence-corrected chi connectivity index (χ1v) is 7.88. The number of halogens is 1. The van der Waals surface area contributed by atoms with E-state index in [4.69, 9.17) is 23.1 Å². The average Bonchev–Trinajstić information content (AvgIpc) is 2.50. The van der Waals surface area contributed by atoms with Crippen molar-refractivity contribution in [3.8, 4) is 5.75 Å². The zero-order chi connectivity index (χ0) is 17.5. The Labute approximate surface area is 142 Å². The Morgan fingerprint density at radius 3 is 2.58 bits per heavy atom. The maximum absolute atomic E-state index is 11.2. The summed E-state index contributed by atoms with van der Waals surface area (Å²) in [5.41, 5.74) is 10.6. The number of nitro groups is 1. The molecule has 2 aliphatic rings. The summed E-state index contributed by atoms with van der Waals surface area (Å²) in [4.78, 5) is 20.4. The van der Waals surface area contributed by atoms with Gasteiger partial charge in [-0.2, -0.15) is 4.99 Å². The molecule has 1 saturated carbocycles. The number of guanidine groups is 2. The van der Waals surface area contributed by atoms with E-state index in [1.165, 1.54) is 11.0 Å². The zero-order valence-corrected chi connectivity index (χ0v) is 13.5. The summed E-state index contributed by atoms with van der Waals surface area (Å²) in [7, 11) is 0. The van der Waals surface area contributed by atoms with Crippen molar-refractivity contribution in [3.05, 3.63) is 27.3 Å². The molecule has 0 saturated heterocycles. The van der Waals surface area contributed by atoms with Gasteiger partial charge in [0, 0.05) is 11.1 Å². The lowest BCUT2D eigenvalue weighted by Crippen LogP contribution is -2.58. The number of hydrogen-bond donors (Lipinski definition) is 3. The van der Waals surface area contributed by atoms with Gasteiger partial charge in [-0.25, -0.2) is 4.99 Å². The third kappa shape index (κ3) is 2.60. The summed E-state index contributed by atoms with van der Waals surface area (Å²) >= 11 is 6.01. The molecule has 1 aliphatic carbocycles. The minimum absolute atomic E-state index is 0.0243. The number of aromatic hydroxyl groups is 1. The molecule has 128 valence electrons. The van der Waals surface area contributed by atoms with Crippen LogP contribution in [0.5, 0.6) is 5.75 Å². The van der Waals surface area contributed by atoms with Crippen LogP contribution in [0.4, 0.5) is 11.4 Å². The average molecular weight is 353 g/mol. The van der Waals surface area contributed by atoms with Crippen molar-refractivity contribution in [3.63, 3.8) is 0 Å². The molecule has 5 N–H and O–H groups in total. The fourth-order valence-electron chi connectivity index (χ4n) is 3.35. The van der Waals surface area contributed by atoms with E-state index in [1.807, 2.05) is 0 Å². The number of phenols is 1. The number of anilines is 1. The number of hydrogen-bond acceptors (Lipinski definition) is 8. The maximum atomic E-state index is 11.2. The van der Waals surface area contributed by atoms with Gasteiger partial charge in [0.1, 0.15) is 5.66 Å². The van der Waals surface area contributed by atoms with E-state index in [1.54, 1.807) is 0 Å². The van der Waals surface area contributed by atoms with E-state index < -0.39 is 22.0 Å². The van der Waals surface area contributed by atoms with Crippen molar-refractivity contribution in [1.82, 2.24) is 0 Å². The summed E-state index contributed by atoms with van der Waals surface area (Å²) in [6.45, 7) is 0. The number of aliphatic imine (C=N–C) groups is 2. The molecule has 9 nitrogen and oxygen atoms in total. The van der Waals surface area contributed by atoms with Crippen LogP contribution in [0.2, 0.25) is 5.02 Å². The first-order valence-electron chi connectivity index (χ1n) is 7.51. The second-order valence-electron chi connectivity index (χ2n) is 5.87. The van der Waals surface area contributed by atoms with Gasteiger partial charge < -0.3 is 16.6 Å². The SMILES string of the molecule is NC1=NC2(CCCCC2)N(c2cc(Cl)cc([N+](=O)[O-])c2O)C(N)=N1. The lowest BCUT2D eigenvalue weighted by Gasteiger charge is -2.45. The van der Waals surface area contributed by atoms with Crippen molar-refractivity contribution >= 4 is 34.9 Å². The highest BCUT2D eigenvalue weighted by atomic mass is 35.5. The Morgan fingerprint density at radius 1 is 1.29 bits per heavy atom. The monoisotopic (exact) mass is 352 g/mol. The van der Waals surface area contributed by atoms with Gasteiger partial charge >= 0.3 is 5.69 Å². The van der Waals surface area contributed by atoms with Crippen LogP contribution in [0.1, 0.15) is 32.1 Å². The van der Waals surface area contributed by atoms with Gasteiger partial charge in [-0.3, -0.25) is 15.0 Å². The van der Waals surface area contributed by atoms with E-state index in [2.05, 4.69) is 9.98 Å². The van der Waals surface area contributed by atoms with E-state index in [0.717, 1.165) is 25.3 Å². The number of nitro benzene ring substituents is 1. The van der Waals surface area contributed by atoms with Gasteiger partial charge in [0.05, 0.1) is 10.6 Å². The maximum Gasteiger partial charge on any atom is 0.314 e. The summed E-state index contributed by atoms with van der Waals surface area (Å²) < 4.78 is 0. The topological polar surface area (TPSA) is 143 Å². The van der Waals surface area contributed by atoms with Gasteiger partial charge in [0.15, 0.2) is 0 Å². The van der Waals surface area contributed by atoms with Crippen LogP contribution in [0.15, 0.2) is 22.1 Å². The van der Waals surface area contributed by atoms with Crippen molar-refractivity contribution in [1.29, 1.82) is 0 Å². The van der Waals surface area contributed by atoms with Crippen LogP contribution in [0.3, 0.4) is 0 Å². The standard InChI is InChI=1S/C14H17ClN6O3/c15-8-6-9(11(22)10(7-8)21(23)24)20-13(17)18-12(16)19-14(20)4-2-1-3-5-14/h6-7,22H,1-5H2,(H4,16,17,18,19). The molecular weight excluding hydrogens is 336 g/mol. The van der Waals surface area contributed by atoms with Crippen LogP contribution in [0, 0.1) is 10.1 Å². The third-order valence-electron chi connectivity index (χ3n) is 4.32. The summed E-state index contributed by atoms with van der Waals surface area (Å²) in [5.74, 6) is -0.443.